The van der Waals surface area contributed by atoms with E-state index in [2.05, 4.69) is 50.4 Å². The van der Waals surface area contributed by atoms with E-state index < -0.39 is 0 Å². The Morgan fingerprint density at radius 2 is 1.97 bits per heavy atom. The summed E-state index contributed by atoms with van der Waals surface area (Å²) < 4.78 is 13.2. The molecule has 1 atom stereocenters. The van der Waals surface area contributed by atoms with Gasteiger partial charge < -0.3 is 20.1 Å². The molecule has 2 aromatic rings. The van der Waals surface area contributed by atoms with Crippen molar-refractivity contribution in [1.29, 1.82) is 0 Å². The van der Waals surface area contributed by atoms with Gasteiger partial charge in [-0.2, -0.15) is 5.10 Å². The van der Waals surface area contributed by atoms with Gasteiger partial charge in [0.2, 0.25) is 0 Å². The second kappa shape index (κ2) is 13.4. The first-order valence-electron chi connectivity index (χ1n) is 10.7. The van der Waals surface area contributed by atoms with Crippen molar-refractivity contribution in [2.75, 3.05) is 20.3 Å². The minimum Gasteiger partial charge on any atom is -0.493 e. The van der Waals surface area contributed by atoms with E-state index in [-0.39, 0.29) is 30.0 Å². The van der Waals surface area contributed by atoms with Crippen LogP contribution in [-0.2, 0) is 20.0 Å². The normalized spacial score (nSPS) is 12.2. The van der Waals surface area contributed by atoms with Crippen molar-refractivity contribution in [2.45, 2.75) is 60.0 Å². The highest BCUT2D eigenvalue weighted by molar-refractivity contribution is 14.0. The number of aryl methyl sites for hydroxylation is 2. The molecule has 1 unspecified atom stereocenters. The number of nitrogens with zero attached hydrogens (tertiary/aromatic N) is 3. The summed E-state index contributed by atoms with van der Waals surface area (Å²) in [6, 6.07) is 6.20. The summed E-state index contributed by atoms with van der Waals surface area (Å²) in [7, 11) is 3.65. The molecule has 0 amide bonds. The van der Waals surface area contributed by atoms with Crippen molar-refractivity contribution < 1.29 is 9.47 Å². The smallest absolute Gasteiger partial charge is 0.191 e. The van der Waals surface area contributed by atoms with Crippen molar-refractivity contribution in [3.63, 3.8) is 0 Å². The fraction of sp³-hybridized carbons (Fsp3) is 0.565. The number of nitrogens with one attached hydrogen (secondary N) is 2. The molecule has 0 aliphatic carbocycles. The molecule has 2 rings (SSSR count). The highest BCUT2D eigenvalue weighted by Crippen LogP contribution is 2.28. The topological polar surface area (TPSA) is 72.7 Å². The van der Waals surface area contributed by atoms with E-state index in [0.717, 1.165) is 48.1 Å². The first-order chi connectivity index (χ1) is 14.4. The standard InChI is InChI=1S/C23H37N5O2.HI/c1-8-12-30-21-11-10-19(14-22(21)29-7)15-25-23(24-9-2)26-16(3)13-20-17(4)27-28(6)18(20)5;/h10-11,14,16H,8-9,12-13,15H2,1-7H3,(H2,24,25,26);1H. The van der Waals surface area contributed by atoms with Gasteiger partial charge in [-0.05, 0) is 63.8 Å². The molecule has 0 spiro atoms. The second-order valence-electron chi connectivity index (χ2n) is 7.55. The number of guanidine groups is 1. The maximum Gasteiger partial charge on any atom is 0.191 e. The molecule has 0 fully saturated rings. The van der Waals surface area contributed by atoms with Gasteiger partial charge in [-0.15, -0.1) is 24.0 Å². The van der Waals surface area contributed by atoms with Crippen LogP contribution in [-0.4, -0.2) is 42.0 Å². The lowest BCUT2D eigenvalue weighted by Crippen LogP contribution is -2.43. The summed E-state index contributed by atoms with van der Waals surface area (Å²) in [5.74, 6) is 2.31. The minimum atomic E-state index is 0. The van der Waals surface area contributed by atoms with Crippen molar-refractivity contribution >= 4 is 29.9 Å². The van der Waals surface area contributed by atoms with Crippen LogP contribution in [0, 0.1) is 13.8 Å². The molecule has 1 heterocycles. The summed E-state index contributed by atoms with van der Waals surface area (Å²) >= 11 is 0. The molecule has 8 heteroatoms. The Bertz CT molecular complexity index is 851. The number of aliphatic imine (C=N–C) groups is 1. The third kappa shape index (κ3) is 7.90. The molecule has 2 N–H and O–H groups in total. The molecule has 0 bridgehead atoms. The van der Waals surface area contributed by atoms with E-state index in [1.54, 1.807) is 7.11 Å². The molecule has 7 nitrogen and oxygen atoms in total. The van der Waals surface area contributed by atoms with E-state index in [9.17, 15) is 0 Å². The summed E-state index contributed by atoms with van der Waals surface area (Å²) in [5.41, 5.74) is 4.66. The lowest BCUT2D eigenvalue weighted by molar-refractivity contribution is 0.294. The number of aromatic nitrogens is 2. The predicted octanol–water partition coefficient (Wildman–Crippen LogP) is 4.14. The average Bonchev–Trinajstić information content (AvgIpc) is 2.96. The van der Waals surface area contributed by atoms with Gasteiger partial charge in [0.15, 0.2) is 17.5 Å². The van der Waals surface area contributed by atoms with E-state index in [0.29, 0.717) is 13.2 Å². The monoisotopic (exact) mass is 543 g/mol. The van der Waals surface area contributed by atoms with Gasteiger partial charge in [-0.3, -0.25) is 4.68 Å². The summed E-state index contributed by atoms with van der Waals surface area (Å²) in [6.45, 7) is 12.5. The summed E-state index contributed by atoms with van der Waals surface area (Å²) in [4.78, 5) is 4.76. The molecule has 174 valence electrons. The zero-order valence-corrected chi connectivity index (χ0v) is 22.2. The highest BCUT2D eigenvalue weighted by Gasteiger charge is 2.14. The van der Waals surface area contributed by atoms with Crippen molar-refractivity contribution in [3.05, 3.63) is 40.7 Å². The van der Waals surface area contributed by atoms with Crippen LogP contribution in [0.1, 0.15) is 49.7 Å². The van der Waals surface area contributed by atoms with Crippen molar-refractivity contribution in [3.8, 4) is 11.5 Å². The van der Waals surface area contributed by atoms with Crippen LogP contribution in [0.25, 0.3) is 0 Å². The minimum absolute atomic E-state index is 0. The van der Waals surface area contributed by atoms with Gasteiger partial charge in [0.05, 0.1) is 26.0 Å². The molecular weight excluding hydrogens is 505 g/mol. The number of rotatable bonds is 10. The number of ether oxygens (including phenoxy) is 2. The van der Waals surface area contributed by atoms with E-state index in [1.165, 1.54) is 11.3 Å². The van der Waals surface area contributed by atoms with Gasteiger partial charge in [0, 0.05) is 25.3 Å². The molecular formula is C23H38IN5O2. The third-order valence-electron chi connectivity index (χ3n) is 5.01. The second-order valence-corrected chi connectivity index (χ2v) is 7.55. The Labute approximate surface area is 204 Å². The Morgan fingerprint density at radius 3 is 2.55 bits per heavy atom. The van der Waals surface area contributed by atoms with Gasteiger partial charge in [-0.25, -0.2) is 4.99 Å². The van der Waals surface area contributed by atoms with Crippen LogP contribution in [0.4, 0.5) is 0 Å². The number of hydrogen-bond acceptors (Lipinski definition) is 4. The molecule has 0 radical (unpaired) electrons. The zero-order valence-electron chi connectivity index (χ0n) is 19.9. The lowest BCUT2D eigenvalue weighted by atomic mass is 10.1. The average molecular weight is 543 g/mol. The third-order valence-corrected chi connectivity index (χ3v) is 5.01. The van der Waals surface area contributed by atoms with E-state index in [1.807, 2.05) is 29.9 Å². The van der Waals surface area contributed by atoms with Crippen LogP contribution in [0.3, 0.4) is 0 Å². The fourth-order valence-corrected chi connectivity index (χ4v) is 3.34. The van der Waals surface area contributed by atoms with Crippen molar-refractivity contribution in [1.82, 2.24) is 20.4 Å². The quantitative estimate of drug-likeness (QED) is 0.268. The lowest BCUT2D eigenvalue weighted by Gasteiger charge is -2.18. The maximum absolute atomic E-state index is 5.73. The van der Waals surface area contributed by atoms with E-state index >= 15 is 0 Å². The van der Waals surface area contributed by atoms with Gasteiger partial charge in [-0.1, -0.05) is 13.0 Å². The molecule has 31 heavy (non-hydrogen) atoms. The molecule has 0 aliphatic heterocycles. The largest absolute Gasteiger partial charge is 0.493 e. The Kier molecular flexibility index (Phi) is 11.7. The Hall–Kier alpha value is -1.97. The Balaban J connectivity index is 0.00000480. The highest BCUT2D eigenvalue weighted by atomic mass is 127. The van der Waals surface area contributed by atoms with Crippen LogP contribution < -0.4 is 20.1 Å². The zero-order chi connectivity index (χ0) is 22.1. The fourth-order valence-electron chi connectivity index (χ4n) is 3.34. The number of benzene rings is 1. The first kappa shape index (κ1) is 27.1. The molecule has 1 aromatic heterocycles. The number of methoxy groups -OCH3 is 1. The van der Waals surface area contributed by atoms with Gasteiger partial charge in [0.25, 0.3) is 0 Å². The van der Waals surface area contributed by atoms with Crippen LogP contribution in [0.5, 0.6) is 11.5 Å². The van der Waals surface area contributed by atoms with Crippen LogP contribution in [0.15, 0.2) is 23.2 Å². The summed E-state index contributed by atoms with van der Waals surface area (Å²) in [6.07, 6.45) is 1.86. The molecule has 0 saturated carbocycles. The van der Waals surface area contributed by atoms with Gasteiger partial charge in [0.1, 0.15) is 0 Å². The van der Waals surface area contributed by atoms with Gasteiger partial charge >= 0.3 is 0 Å². The first-order valence-corrected chi connectivity index (χ1v) is 10.7. The summed E-state index contributed by atoms with van der Waals surface area (Å²) in [5, 5.41) is 11.4. The SMILES string of the molecule is CCCOc1ccc(CN=C(NCC)NC(C)Cc2c(C)nn(C)c2C)cc1OC.I. The number of halogens is 1. The van der Waals surface area contributed by atoms with Crippen LogP contribution >= 0.6 is 24.0 Å². The maximum atomic E-state index is 5.73. The molecule has 0 aliphatic rings. The predicted molar refractivity (Wildman–Crippen MR) is 138 cm³/mol. The molecule has 1 aromatic carbocycles. The van der Waals surface area contributed by atoms with E-state index in [4.69, 9.17) is 14.5 Å². The van der Waals surface area contributed by atoms with Crippen LogP contribution in [0.2, 0.25) is 0 Å². The number of hydrogen-bond donors (Lipinski definition) is 2. The Morgan fingerprint density at radius 1 is 1.23 bits per heavy atom. The van der Waals surface area contributed by atoms with Crippen molar-refractivity contribution in [2.24, 2.45) is 12.0 Å². The molecule has 0 saturated heterocycles.